The highest BCUT2D eigenvalue weighted by Crippen LogP contribution is 2.17. The van der Waals surface area contributed by atoms with Crippen molar-refractivity contribution in [1.29, 1.82) is 0 Å². The van der Waals surface area contributed by atoms with Gasteiger partial charge in [0.2, 0.25) is 5.91 Å². The van der Waals surface area contributed by atoms with Crippen molar-refractivity contribution in [1.82, 2.24) is 15.5 Å². The molecule has 1 aliphatic heterocycles. The van der Waals surface area contributed by atoms with E-state index in [2.05, 4.69) is 10.6 Å². The van der Waals surface area contributed by atoms with Gasteiger partial charge in [0.05, 0.1) is 5.75 Å². The maximum Gasteiger partial charge on any atom is 0.317 e. The number of nitrogens with zero attached hydrogens (tertiary/aromatic N) is 1. The third-order valence-corrected chi connectivity index (χ3v) is 4.27. The molecule has 0 unspecified atom stereocenters. The van der Waals surface area contributed by atoms with Gasteiger partial charge in [-0.1, -0.05) is 17.8 Å². The van der Waals surface area contributed by atoms with Crippen LogP contribution in [0.25, 0.3) is 0 Å². The summed E-state index contributed by atoms with van der Waals surface area (Å²) >= 11 is 0.975. The molecular formula is C15H19N3O4S. The second kappa shape index (κ2) is 7.87. The zero-order valence-electron chi connectivity index (χ0n) is 13.0. The van der Waals surface area contributed by atoms with E-state index < -0.39 is 6.03 Å². The number of hydrogen-bond donors (Lipinski definition) is 2. The van der Waals surface area contributed by atoms with Crippen LogP contribution in [0, 0.1) is 13.8 Å². The van der Waals surface area contributed by atoms with Crippen LogP contribution < -0.4 is 15.4 Å². The van der Waals surface area contributed by atoms with Crippen LogP contribution in [0.4, 0.5) is 9.59 Å². The topological polar surface area (TPSA) is 87.7 Å². The average molecular weight is 337 g/mol. The van der Waals surface area contributed by atoms with Gasteiger partial charge in [0.1, 0.15) is 5.75 Å². The molecule has 0 aromatic heterocycles. The van der Waals surface area contributed by atoms with Gasteiger partial charge in [-0.25, -0.2) is 4.79 Å². The van der Waals surface area contributed by atoms with Crippen LogP contribution in [-0.2, 0) is 4.79 Å². The van der Waals surface area contributed by atoms with E-state index in [1.54, 1.807) is 0 Å². The summed E-state index contributed by atoms with van der Waals surface area (Å²) in [7, 11) is 0. The van der Waals surface area contributed by atoms with Crippen LogP contribution in [0.1, 0.15) is 11.1 Å². The third kappa shape index (κ3) is 4.88. The number of benzene rings is 1. The number of carbonyl (C=O) groups excluding carboxylic acids is 3. The summed E-state index contributed by atoms with van der Waals surface area (Å²) in [4.78, 5) is 35.5. The largest absolute Gasteiger partial charge is 0.473 e. The number of thioether (sulfide) groups is 1. The van der Waals surface area contributed by atoms with Gasteiger partial charge in [0, 0.05) is 13.1 Å². The number of imide groups is 1. The summed E-state index contributed by atoms with van der Waals surface area (Å²) < 4.78 is 5.43. The van der Waals surface area contributed by atoms with E-state index in [0.29, 0.717) is 5.75 Å². The Morgan fingerprint density at radius 2 is 2.04 bits per heavy atom. The van der Waals surface area contributed by atoms with Gasteiger partial charge in [-0.05, 0) is 37.1 Å². The van der Waals surface area contributed by atoms with E-state index in [1.807, 2.05) is 32.0 Å². The molecule has 0 bridgehead atoms. The lowest BCUT2D eigenvalue weighted by Crippen LogP contribution is -2.42. The van der Waals surface area contributed by atoms with E-state index >= 15 is 0 Å². The highest BCUT2D eigenvalue weighted by molar-refractivity contribution is 8.14. The van der Waals surface area contributed by atoms with Crippen LogP contribution in [0.2, 0.25) is 0 Å². The summed E-state index contributed by atoms with van der Waals surface area (Å²) in [5.74, 6) is 0.633. The molecule has 4 amide bonds. The quantitative estimate of drug-likeness (QED) is 0.771. The lowest BCUT2D eigenvalue weighted by atomic mass is 10.1. The van der Waals surface area contributed by atoms with Crippen LogP contribution in [-0.4, -0.2) is 47.7 Å². The standard InChI is InChI=1S/C15H19N3O4S/c1-10-3-4-12(7-11(10)2)22-9-17-14(20)16-5-6-18-13(19)8-23-15(18)21/h3-4,7H,5-6,8-9H2,1-2H3,(H2,16,17,20). The molecule has 0 aliphatic carbocycles. The van der Waals surface area contributed by atoms with Crippen molar-refractivity contribution in [2.45, 2.75) is 13.8 Å². The Morgan fingerprint density at radius 1 is 1.26 bits per heavy atom. The van der Waals surface area contributed by atoms with Crippen molar-refractivity contribution in [3.05, 3.63) is 29.3 Å². The molecule has 1 aromatic rings. The van der Waals surface area contributed by atoms with Crippen molar-refractivity contribution in [2.75, 3.05) is 25.6 Å². The fraction of sp³-hybridized carbons (Fsp3) is 0.400. The highest BCUT2D eigenvalue weighted by atomic mass is 32.2. The first-order valence-corrected chi connectivity index (χ1v) is 8.15. The second-order valence-electron chi connectivity index (χ2n) is 5.07. The smallest absolute Gasteiger partial charge is 0.317 e. The molecular weight excluding hydrogens is 318 g/mol. The average Bonchev–Trinajstić information content (AvgIpc) is 2.82. The number of hydrogen-bond acceptors (Lipinski definition) is 5. The van der Waals surface area contributed by atoms with Crippen molar-refractivity contribution < 1.29 is 19.1 Å². The molecule has 124 valence electrons. The van der Waals surface area contributed by atoms with Gasteiger partial charge in [-0.3, -0.25) is 14.5 Å². The van der Waals surface area contributed by atoms with E-state index in [9.17, 15) is 14.4 Å². The summed E-state index contributed by atoms with van der Waals surface area (Å²) in [5.41, 5.74) is 2.29. The minimum Gasteiger partial charge on any atom is -0.473 e. The molecule has 8 heteroatoms. The molecule has 2 rings (SSSR count). The lowest BCUT2D eigenvalue weighted by Gasteiger charge is -2.14. The predicted octanol–water partition coefficient (Wildman–Crippen LogP) is 1.63. The first-order chi connectivity index (χ1) is 11.0. The molecule has 1 aromatic carbocycles. The Balaban J connectivity index is 1.64. The monoisotopic (exact) mass is 337 g/mol. The van der Waals surface area contributed by atoms with Crippen LogP contribution in [0.5, 0.6) is 5.75 Å². The molecule has 23 heavy (non-hydrogen) atoms. The number of ether oxygens (including phenoxy) is 1. The Labute approximate surface area is 138 Å². The van der Waals surface area contributed by atoms with E-state index in [1.165, 1.54) is 5.56 Å². The second-order valence-corrected chi connectivity index (χ2v) is 5.99. The number of rotatable bonds is 6. The van der Waals surface area contributed by atoms with Gasteiger partial charge in [-0.15, -0.1) is 0 Å². The zero-order chi connectivity index (χ0) is 16.8. The zero-order valence-corrected chi connectivity index (χ0v) is 13.9. The van der Waals surface area contributed by atoms with Crippen molar-refractivity contribution >= 4 is 28.9 Å². The number of amides is 4. The molecule has 0 spiro atoms. The van der Waals surface area contributed by atoms with Crippen molar-refractivity contribution in [3.8, 4) is 5.75 Å². The van der Waals surface area contributed by atoms with Crippen LogP contribution in [0.3, 0.4) is 0 Å². The fourth-order valence-electron chi connectivity index (χ4n) is 1.93. The highest BCUT2D eigenvalue weighted by Gasteiger charge is 2.29. The molecule has 1 fully saturated rings. The molecule has 1 aliphatic rings. The molecule has 7 nitrogen and oxygen atoms in total. The normalized spacial score (nSPS) is 14.1. The van der Waals surface area contributed by atoms with Crippen molar-refractivity contribution in [2.24, 2.45) is 0 Å². The van der Waals surface area contributed by atoms with Gasteiger partial charge >= 0.3 is 6.03 Å². The summed E-state index contributed by atoms with van der Waals surface area (Å²) in [6.07, 6.45) is 0. The van der Waals surface area contributed by atoms with Gasteiger partial charge in [0.25, 0.3) is 5.24 Å². The first-order valence-electron chi connectivity index (χ1n) is 7.16. The molecule has 0 atom stereocenters. The summed E-state index contributed by atoms with van der Waals surface area (Å²) in [5, 5.41) is 4.85. The maximum absolute atomic E-state index is 11.6. The van der Waals surface area contributed by atoms with Gasteiger partial charge in [0.15, 0.2) is 6.73 Å². The Bertz CT molecular complexity index is 605. The van der Waals surface area contributed by atoms with Gasteiger partial charge < -0.3 is 15.4 Å². The summed E-state index contributed by atoms with van der Waals surface area (Å²) in [6, 6.07) is 5.27. The lowest BCUT2D eigenvalue weighted by molar-refractivity contribution is -0.124. The van der Waals surface area contributed by atoms with E-state index in [-0.39, 0.29) is 36.7 Å². The third-order valence-electron chi connectivity index (χ3n) is 3.41. The first kappa shape index (κ1) is 17.1. The van der Waals surface area contributed by atoms with E-state index in [0.717, 1.165) is 22.2 Å². The van der Waals surface area contributed by atoms with Crippen LogP contribution >= 0.6 is 11.8 Å². The number of aryl methyl sites for hydroxylation is 2. The molecule has 1 saturated heterocycles. The maximum atomic E-state index is 11.6. The van der Waals surface area contributed by atoms with Crippen LogP contribution in [0.15, 0.2) is 18.2 Å². The molecule has 2 N–H and O–H groups in total. The Morgan fingerprint density at radius 3 is 2.70 bits per heavy atom. The van der Waals surface area contributed by atoms with E-state index in [4.69, 9.17) is 4.74 Å². The number of urea groups is 1. The number of nitrogens with one attached hydrogen (secondary N) is 2. The molecule has 0 saturated carbocycles. The summed E-state index contributed by atoms with van der Waals surface area (Å²) in [6.45, 7) is 4.41. The van der Waals surface area contributed by atoms with Gasteiger partial charge in [-0.2, -0.15) is 0 Å². The minimum atomic E-state index is -0.416. The number of carbonyl (C=O) groups is 3. The predicted molar refractivity (Wildman–Crippen MR) is 87.5 cm³/mol. The minimum absolute atomic E-state index is 0.0335. The Kier molecular flexibility index (Phi) is 5.86. The molecule has 1 heterocycles. The van der Waals surface area contributed by atoms with Crippen molar-refractivity contribution in [3.63, 3.8) is 0 Å². The fourth-order valence-corrected chi connectivity index (χ4v) is 2.68. The molecule has 0 radical (unpaired) electrons. The Hall–Kier alpha value is -2.22. The SMILES string of the molecule is Cc1ccc(OCNC(=O)NCCN2C(=O)CSC2=O)cc1C.